The van der Waals surface area contributed by atoms with Crippen LogP contribution in [0.3, 0.4) is 0 Å². The van der Waals surface area contributed by atoms with Crippen molar-refractivity contribution in [1.82, 2.24) is 19.1 Å². The molecule has 1 fully saturated rings. The lowest BCUT2D eigenvalue weighted by atomic mass is 10.2. The highest BCUT2D eigenvalue weighted by Crippen LogP contribution is 2.34. The Labute approximate surface area is 132 Å². The van der Waals surface area contributed by atoms with E-state index in [-0.39, 0.29) is 0 Å². The van der Waals surface area contributed by atoms with Crippen LogP contribution < -0.4 is 0 Å². The molecule has 0 spiro atoms. The quantitative estimate of drug-likeness (QED) is 0.689. The number of aromatic nitrogens is 3. The van der Waals surface area contributed by atoms with Crippen molar-refractivity contribution in [3.63, 3.8) is 0 Å². The van der Waals surface area contributed by atoms with Crippen molar-refractivity contribution in [2.75, 3.05) is 6.54 Å². The topological polar surface area (TPSA) is 25.5 Å². The number of rotatable bonds is 3. The molecular weight excluding hydrogens is 300 g/mol. The summed E-state index contributed by atoms with van der Waals surface area (Å²) in [6.07, 6.45) is 4.44. The maximum atomic E-state index is 5.54. The minimum atomic E-state index is 0.511. The molecule has 108 valence electrons. The summed E-state index contributed by atoms with van der Waals surface area (Å²) in [6, 6.07) is 10.8. The van der Waals surface area contributed by atoms with Crippen LogP contribution >= 0.6 is 23.6 Å². The van der Waals surface area contributed by atoms with Crippen molar-refractivity contribution >= 4 is 29.2 Å². The highest BCUT2D eigenvalue weighted by molar-refractivity contribution is 7.71. The molecule has 0 N–H and O–H groups in total. The first-order valence-electron chi connectivity index (χ1n) is 7.14. The van der Waals surface area contributed by atoms with E-state index >= 15 is 0 Å². The molecule has 1 aliphatic heterocycles. The van der Waals surface area contributed by atoms with Gasteiger partial charge in [0.2, 0.25) is 4.77 Å². The predicted octanol–water partition coefficient (Wildman–Crippen LogP) is 3.72. The lowest BCUT2D eigenvalue weighted by Gasteiger charge is -2.23. The molecule has 0 radical (unpaired) electrons. The summed E-state index contributed by atoms with van der Waals surface area (Å²) in [5, 5.41) is 6.78. The zero-order valence-corrected chi connectivity index (χ0v) is 13.2. The van der Waals surface area contributed by atoms with Crippen LogP contribution in [0.15, 0.2) is 41.9 Å². The average molecular weight is 316 g/mol. The molecule has 6 heteroatoms. The third kappa shape index (κ3) is 2.33. The van der Waals surface area contributed by atoms with Gasteiger partial charge in [-0.1, -0.05) is 12.1 Å². The van der Waals surface area contributed by atoms with Gasteiger partial charge in [-0.15, -0.1) is 11.3 Å². The van der Waals surface area contributed by atoms with E-state index in [4.69, 9.17) is 12.2 Å². The van der Waals surface area contributed by atoms with E-state index in [0.29, 0.717) is 6.04 Å². The summed E-state index contributed by atoms with van der Waals surface area (Å²) in [6.45, 7) is 1.88. The first-order valence-corrected chi connectivity index (χ1v) is 8.43. The van der Waals surface area contributed by atoms with Gasteiger partial charge in [0, 0.05) is 23.7 Å². The molecule has 1 aliphatic rings. The Morgan fingerprint density at radius 1 is 1.29 bits per heavy atom. The molecule has 4 rings (SSSR count). The van der Waals surface area contributed by atoms with Crippen molar-refractivity contribution in [2.24, 2.45) is 0 Å². The van der Waals surface area contributed by atoms with Crippen LogP contribution in [0.2, 0.25) is 0 Å². The number of fused-ring (bicyclic) bond motifs is 1. The molecule has 0 amide bonds. The van der Waals surface area contributed by atoms with Crippen LogP contribution in [0.5, 0.6) is 0 Å². The third-order valence-corrected chi connectivity index (χ3v) is 5.42. The SMILES string of the molecule is S=c1n(CN2CCC[C@H]2c2cccs2)nc2ccccn12. The first kappa shape index (κ1) is 13.2. The Kier molecular flexibility index (Phi) is 3.37. The van der Waals surface area contributed by atoms with Crippen LogP contribution in [0.25, 0.3) is 5.65 Å². The Balaban J connectivity index is 1.65. The summed E-state index contributed by atoms with van der Waals surface area (Å²) < 4.78 is 4.67. The summed E-state index contributed by atoms with van der Waals surface area (Å²) in [4.78, 5) is 3.93. The number of hydrogen-bond donors (Lipinski definition) is 0. The molecule has 4 nitrogen and oxygen atoms in total. The fourth-order valence-electron chi connectivity index (χ4n) is 3.03. The summed E-state index contributed by atoms with van der Waals surface area (Å²) in [7, 11) is 0. The molecule has 0 aromatic carbocycles. The van der Waals surface area contributed by atoms with E-state index in [1.165, 1.54) is 17.7 Å². The van der Waals surface area contributed by atoms with Crippen molar-refractivity contribution in [2.45, 2.75) is 25.6 Å². The normalized spacial score (nSPS) is 19.5. The molecule has 4 heterocycles. The molecular formula is C15H16N4S2. The number of hydrogen-bond acceptors (Lipinski definition) is 4. The second-order valence-electron chi connectivity index (χ2n) is 5.34. The summed E-state index contributed by atoms with van der Waals surface area (Å²) in [5.74, 6) is 0. The molecule has 0 aliphatic carbocycles. The maximum absolute atomic E-state index is 5.54. The van der Waals surface area contributed by atoms with Crippen LogP contribution in [0.4, 0.5) is 0 Å². The second kappa shape index (κ2) is 5.36. The van der Waals surface area contributed by atoms with Crippen molar-refractivity contribution < 1.29 is 0 Å². The largest absolute Gasteiger partial charge is 0.276 e. The Bertz CT molecular complexity index is 803. The van der Waals surface area contributed by atoms with E-state index in [0.717, 1.165) is 23.6 Å². The maximum Gasteiger partial charge on any atom is 0.203 e. The molecule has 0 unspecified atom stereocenters. The number of nitrogens with zero attached hydrogens (tertiary/aromatic N) is 4. The van der Waals surface area contributed by atoms with Gasteiger partial charge in [0.05, 0.1) is 6.67 Å². The zero-order chi connectivity index (χ0) is 14.2. The minimum Gasteiger partial charge on any atom is -0.276 e. The van der Waals surface area contributed by atoms with Gasteiger partial charge < -0.3 is 0 Å². The molecule has 0 bridgehead atoms. The van der Waals surface area contributed by atoms with E-state index in [1.807, 2.05) is 44.8 Å². The highest BCUT2D eigenvalue weighted by Gasteiger charge is 2.27. The van der Waals surface area contributed by atoms with Gasteiger partial charge in [0.25, 0.3) is 0 Å². The van der Waals surface area contributed by atoms with E-state index in [9.17, 15) is 0 Å². The molecule has 3 aromatic heterocycles. The van der Waals surface area contributed by atoms with E-state index < -0.39 is 0 Å². The smallest absolute Gasteiger partial charge is 0.203 e. The van der Waals surface area contributed by atoms with E-state index in [1.54, 1.807) is 0 Å². The number of thiophene rings is 1. The van der Waals surface area contributed by atoms with Gasteiger partial charge in [-0.05, 0) is 48.6 Å². The number of likely N-dealkylation sites (tertiary alicyclic amines) is 1. The zero-order valence-electron chi connectivity index (χ0n) is 11.6. The standard InChI is InChI=1S/C15H16N4S2/c20-15-18-9-2-1-7-14(18)16-19(15)11-17-8-3-5-12(17)13-6-4-10-21-13/h1-2,4,6-7,9-10,12H,3,5,8,11H2/t12-/m0/s1. The molecule has 0 saturated carbocycles. The van der Waals surface area contributed by atoms with Crippen LogP contribution in [-0.4, -0.2) is 25.6 Å². The van der Waals surface area contributed by atoms with Crippen LogP contribution in [0.1, 0.15) is 23.8 Å². The van der Waals surface area contributed by atoms with Gasteiger partial charge in [-0.25, -0.2) is 4.68 Å². The van der Waals surface area contributed by atoms with E-state index in [2.05, 4.69) is 27.5 Å². The molecule has 1 atom stereocenters. The van der Waals surface area contributed by atoms with Gasteiger partial charge in [0.15, 0.2) is 5.65 Å². The lowest BCUT2D eigenvalue weighted by Crippen LogP contribution is -2.26. The molecule has 1 saturated heterocycles. The lowest BCUT2D eigenvalue weighted by molar-refractivity contribution is 0.192. The predicted molar refractivity (Wildman–Crippen MR) is 87.0 cm³/mol. The highest BCUT2D eigenvalue weighted by atomic mass is 32.1. The van der Waals surface area contributed by atoms with Crippen LogP contribution in [-0.2, 0) is 6.67 Å². The second-order valence-corrected chi connectivity index (χ2v) is 6.68. The van der Waals surface area contributed by atoms with Gasteiger partial charge in [-0.3, -0.25) is 9.30 Å². The Morgan fingerprint density at radius 3 is 3.05 bits per heavy atom. The van der Waals surface area contributed by atoms with Crippen molar-refractivity contribution in [3.8, 4) is 0 Å². The fourth-order valence-corrected chi connectivity index (χ4v) is 4.18. The van der Waals surface area contributed by atoms with Crippen molar-refractivity contribution in [3.05, 3.63) is 51.6 Å². The fraction of sp³-hybridized carbons (Fsp3) is 0.333. The van der Waals surface area contributed by atoms with Gasteiger partial charge >= 0.3 is 0 Å². The van der Waals surface area contributed by atoms with Gasteiger partial charge in [0.1, 0.15) is 0 Å². The van der Waals surface area contributed by atoms with Crippen LogP contribution in [0, 0.1) is 4.77 Å². The summed E-state index contributed by atoms with van der Waals surface area (Å²) in [5.41, 5.74) is 0.911. The Morgan fingerprint density at radius 2 is 2.24 bits per heavy atom. The third-order valence-electron chi connectivity index (χ3n) is 4.04. The van der Waals surface area contributed by atoms with Gasteiger partial charge in [-0.2, -0.15) is 5.10 Å². The Hall–Kier alpha value is -1.50. The monoisotopic (exact) mass is 316 g/mol. The molecule has 3 aromatic rings. The average Bonchev–Trinajstić information content (AvgIpc) is 3.21. The minimum absolute atomic E-state index is 0.511. The molecule has 21 heavy (non-hydrogen) atoms. The van der Waals surface area contributed by atoms with Crippen molar-refractivity contribution in [1.29, 1.82) is 0 Å². The number of pyridine rings is 1. The first-order chi connectivity index (χ1) is 10.3. The summed E-state index contributed by atoms with van der Waals surface area (Å²) >= 11 is 7.38.